The molecular weight excluding hydrogens is 426 g/mol. The Morgan fingerprint density at radius 1 is 1.00 bits per heavy atom. The number of H-pyrrole nitrogens is 1. The number of nitrogens with zero attached hydrogens (tertiary/aromatic N) is 2. The summed E-state index contributed by atoms with van der Waals surface area (Å²) >= 11 is 3.90. The maximum atomic E-state index is 9.62. The number of nitrogens with one attached hydrogen (secondary N) is 1. The highest BCUT2D eigenvalue weighted by molar-refractivity contribution is 7.83. The lowest BCUT2D eigenvalue weighted by molar-refractivity contribution is 0.109. The van der Waals surface area contributed by atoms with Crippen LogP contribution in [-0.2, 0) is 0 Å². The van der Waals surface area contributed by atoms with Gasteiger partial charge in [0, 0.05) is 5.92 Å². The molecule has 0 radical (unpaired) electrons. The van der Waals surface area contributed by atoms with Crippen molar-refractivity contribution in [2.45, 2.75) is 67.9 Å². The Morgan fingerprint density at radius 2 is 1.42 bits per heavy atom. The summed E-state index contributed by atoms with van der Waals surface area (Å²) in [5, 5.41) is 21.3. The molecule has 2 N–H and O–H groups in total. The van der Waals surface area contributed by atoms with Crippen molar-refractivity contribution in [3.63, 3.8) is 0 Å². The van der Waals surface area contributed by atoms with Crippen LogP contribution in [-0.4, -0.2) is 26.6 Å². The van der Waals surface area contributed by atoms with Crippen LogP contribution in [0, 0.1) is 11.3 Å². The van der Waals surface area contributed by atoms with E-state index in [4.69, 9.17) is 0 Å². The summed E-state index contributed by atoms with van der Waals surface area (Å²) in [6.45, 7) is 23.7. The Balaban J connectivity index is -0.000000384. The zero-order valence-electron chi connectivity index (χ0n) is 22.0. The summed E-state index contributed by atoms with van der Waals surface area (Å²) in [7, 11) is 0. The Hall–Kier alpha value is -2.37. The van der Waals surface area contributed by atoms with Gasteiger partial charge in [-0.25, -0.2) is 0 Å². The molecule has 0 saturated carbocycles. The predicted octanol–water partition coefficient (Wildman–Crippen LogP) is 8.25. The number of aliphatic hydroxyl groups is 1. The van der Waals surface area contributed by atoms with E-state index in [2.05, 4.69) is 75.8 Å². The molecule has 2 rings (SSSR count). The monoisotopic (exact) mass is 473 g/mol. The molecule has 33 heavy (non-hydrogen) atoms. The van der Waals surface area contributed by atoms with Gasteiger partial charge in [0.1, 0.15) is 11.4 Å². The molecule has 1 aromatic carbocycles. The zero-order valence-corrected chi connectivity index (χ0v) is 22.9. The van der Waals surface area contributed by atoms with Gasteiger partial charge >= 0.3 is 0 Å². The second kappa shape index (κ2) is 24.3. The normalized spacial score (nSPS) is 11.8. The first-order chi connectivity index (χ1) is 15.7. The molecule has 0 aliphatic carbocycles. The molecule has 1 aromatic heterocycles. The average Bonchev–Trinajstić information content (AvgIpc) is 3.28. The van der Waals surface area contributed by atoms with Crippen LogP contribution in [0.1, 0.15) is 73.2 Å². The van der Waals surface area contributed by atoms with Crippen molar-refractivity contribution in [1.29, 1.82) is 0 Å². The van der Waals surface area contributed by atoms with Crippen LogP contribution in [0.3, 0.4) is 0 Å². The fourth-order valence-corrected chi connectivity index (χ4v) is 2.39. The van der Waals surface area contributed by atoms with Gasteiger partial charge in [-0.3, -0.25) is 0 Å². The van der Waals surface area contributed by atoms with Crippen LogP contribution < -0.4 is 0 Å². The number of aliphatic hydroxyl groups excluding tert-OH is 1. The average molecular weight is 474 g/mol. The van der Waals surface area contributed by atoms with E-state index in [-0.39, 0.29) is 11.3 Å². The van der Waals surface area contributed by atoms with Crippen LogP contribution in [0.2, 0.25) is 0 Å². The summed E-state index contributed by atoms with van der Waals surface area (Å²) in [6, 6.07) is 12.0. The van der Waals surface area contributed by atoms with Gasteiger partial charge in [0.15, 0.2) is 0 Å². The molecule has 2 aromatic rings. The molecule has 5 heteroatoms. The van der Waals surface area contributed by atoms with Gasteiger partial charge < -0.3 is 5.11 Å². The standard InChI is InChI=1S/C11H20O.C6H7N3S.C6H6.C3H8.C2H6/c1-6-8-9(10(12)7-2)11(3,4)5;1-2-5-6(3-4-10)8-9-7-5;1-2-4-6-5-3-1;1-3-2;1-2/h6-10,12H,2H2,1,3-5H3;2-4,10H,1H2,(H,7,8,9);1-6H;3H2,1-2H3;1-2H3/b8-6+;4-3+;;;. The quantitative estimate of drug-likeness (QED) is 0.302. The van der Waals surface area contributed by atoms with Gasteiger partial charge in [-0.05, 0) is 29.9 Å². The fourth-order valence-electron chi connectivity index (χ4n) is 2.24. The molecule has 4 nitrogen and oxygen atoms in total. The topological polar surface area (TPSA) is 61.8 Å². The highest BCUT2D eigenvalue weighted by atomic mass is 32.1. The van der Waals surface area contributed by atoms with E-state index >= 15 is 0 Å². The Labute approximate surface area is 209 Å². The number of rotatable bonds is 5. The van der Waals surface area contributed by atoms with Crippen molar-refractivity contribution in [3.8, 4) is 0 Å². The maximum Gasteiger partial charge on any atom is 0.113 e. The van der Waals surface area contributed by atoms with Gasteiger partial charge in [-0.1, -0.05) is 116 Å². The van der Waals surface area contributed by atoms with Crippen molar-refractivity contribution >= 4 is 24.8 Å². The van der Waals surface area contributed by atoms with Crippen molar-refractivity contribution in [3.05, 3.63) is 84.6 Å². The summed E-state index contributed by atoms with van der Waals surface area (Å²) in [4.78, 5) is 0. The Morgan fingerprint density at radius 3 is 1.73 bits per heavy atom. The van der Waals surface area contributed by atoms with E-state index in [1.807, 2.05) is 69.3 Å². The fraction of sp³-hybridized carbons (Fsp3) is 0.429. The van der Waals surface area contributed by atoms with Crippen LogP contribution in [0.5, 0.6) is 0 Å². The third-order valence-corrected chi connectivity index (χ3v) is 3.85. The number of aromatic amines is 1. The molecule has 2 atom stereocenters. The largest absolute Gasteiger partial charge is 0.388 e. The van der Waals surface area contributed by atoms with Gasteiger partial charge in [0.05, 0.1) is 6.10 Å². The number of benzene rings is 1. The summed E-state index contributed by atoms with van der Waals surface area (Å²) in [6.07, 6.45) is 9.78. The van der Waals surface area contributed by atoms with E-state index in [1.54, 1.807) is 23.6 Å². The van der Waals surface area contributed by atoms with Crippen molar-refractivity contribution in [1.82, 2.24) is 15.4 Å². The molecular formula is C28H47N3OS. The third-order valence-electron chi connectivity index (χ3n) is 3.70. The number of aromatic nitrogens is 3. The first kappa shape index (κ1) is 35.2. The van der Waals surface area contributed by atoms with Gasteiger partial charge in [-0.2, -0.15) is 28.0 Å². The molecule has 0 aliphatic heterocycles. The second-order valence-corrected chi connectivity index (χ2v) is 7.92. The second-order valence-electron chi connectivity index (χ2n) is 7.62. The minimum absolute atomic E-state index is 0.0834. The lowest BCUT2D eigenvalue weighted by Gasteiger charge is -2.30. The van der Waals surface area contributed by atoms with Crippen LogP contribution in [0.4, 0.5) is 0 Å². The van der Waals surface area contributed by atoms with E-state index in [0.717, 1.165) is 11.4 Å². The van der Waals surface area contributed by atoms with Gasteiger partial charge in [-0.15, -0.1) is 6.58 Å². The number of hydrogen-bond acceptors (Lipinski definition) is 4. The lowest BCUT2D eigenvalue weighted by atomic mass is 9.77. The first-order valence-electron chi connectivity index (χ1n) is 11.5. The lowest BCUT2D eigenvalue weighted by Crippen LogP contribution is -2.29. The van der Waals surface area contributed by atoms with Gasteiger partial charge in [0.2, 0.25) is 0 Å². The molecule has 0 fully saturated rings. The zero-order chi connectivity index (χ0) is 26.1. The van der Waals surface area contributed by atoms with E-state index < -0.39 is 6.10 Å². The van der Waals surface area contributed by atoms with Crippen LogP contribution >= 0.6 is 12.6 Å². The first-order valence-corrected chi connectivity index (χ1v) is 12.0. The van der Waals surface area contributed by atoms with Gasteiger partial charge in [0.25, 0.3) is 0 Å². The molecule has 0 spiro atoms. The SMILES string of the molecule is C=CC(O)C(/C=C/C)C(C)(C)C.C=Cc1n[nH]nc1/C=C/S.CC.CCC.c1ccccc1. The molecule has 0 bridgehead atoms. The molecule has 0 saturated heterocycles. The predicted molar refractivity (Wildman–Crippen MR) is 152 cm³/mol. The molecule has 0 aliphatic rings. The minimum atomic E-state index is -0.443. The number of thiol groups is 1. The molecule has 1 heterocycles. The van der Waals surface area contributed by atoms with Crippen molar-refractivity contribution in [2.24, 2.45) is 11.3 Å². The highest BCUT2D eigenvalue weighted by Gasteiger charge is 2.26. The van der Waals surface area contributed by atoms with E-state index in [0.29, 0.717) is 0 Å². The van der Waals surface area contributed by atoms with Crippen LogP contribution in [0.25, 0.3) is 12.2 Å². The minimum Gasteiger partial charge on any atom is -0.388 e. The molecule has 2 unspecified atom stereocenters. The number of allylic oxidation sites excluding steroid dienone is 1. The van der Waals surface area contributed by atoms with Crippen molar-refractivity contribution < 1.29 is 5.11 Å². The Bertz CT molecular complexity index is 704. The summed E-state index contributed by atoms with van der Waals surface area (Å²) in [5.41, 5.74) is 1.58. The van der Waals surface area contributed by atoms with Crippen molar-refractivity contribution in [2.75, 3.05) is 0 Å². The summed E-state index contributed by atoms with van der Waals surface area (Å²) in [5.74, 6) is 0.153. The maximum absolute atomic E-state index is 9.62. The third kappa shape index (κ3) is 20.0. The molecule has 186 valence electrons. The van der Waals surface area contributed by atoms with Crippen LogP contribution in [0.15, 0.2) is 73.2 Å². The molecule has 0 amide bonds. The highest BCUT2D eigenvalue weighted by Crippen LogP contribution is 2.30. The smallest absolute Gasteiger partial charge is 0.113 e. The van der Waals surface area contributed by atoms with E-state index in [1.165, 1.54) is 6.42 Å². The Kier molecular flexibility index (Phi) is 25.9. The summed E-state index contributed by atoms with van der Waals surface area (Å²) < 4.78 is 0. The van der Waals surface area contributed by atoms with E-state index in [9.17, 15) is 5.11 Å². The number of hydrogen-bond donors (Lipinski definition) is 3.